The molecule has 1 aliphatic heterocycles. The number of rotatable bonds is 8. The third-order valence-electron chi connectivity index (χ3n) is 4.71. The summed E-state index contributed by atoms with van der Waals surface area (Å²) in [5.74, 6) is 2.16. The Kier molecular flexibility index (Phi) is 11.7. The van der Waals surface area contributed by atoms with E-state index in [1.807, 2.05) is 18.4 Å². The average Bonchev–Trinajstić information content (AvgIpc) is 3.15. The second-order valence-electron chi connectivity index (χ2n) is 6.53. The Morgan fingerprint density at radius 2 is 2.16 bits per heavy atom. The van der Waals surface area contributed by atoms with Crippen LogP contribution in [0.1, 0.15) is 30.6 Å². The third kappa shape index (κ3) is 8.23. The summed E-state index contributed by atoms with van der Waals surface area (Å²) in [4.78, 5) is 8.27. The van der Waals surface area contributed by atoms with Crippen LogP contribution in [0.5, 0.6) is 0 Å². The number of methoxy groups -OCH3 is 1. The zero-order valence-electron chi connectivity index (χ0n) is 15.7. The number of nitrogens with one attached hydrogen (secondary N) is 2. The summed E-state index contributed by atoms with van der Waals surface area (Å²) in [5, 5.41) is 9.09. The van der Waals surface area contributed by atoms with Crippen molar-refractivity contribution in [2.75, 3.05) is 53.5 Å². The van der Waals surface area contributed by atoms with Gasteiger partial charge in [0.15, 0.2) is 5.96 Å². The quantitative estimate of drug-likeness (QED) is 0.341. The monoisotopic (exact) mass is 480 g/mol. The van der Waals surface area contributed by atoms with Crippen LogP contribution in [0.2, 0.25) is 0 Å². The van der Waals surface area contributed by atoms with Crippen LogP contribution in [-0.2, 0) is 4.74 Å². The molecule has 1 aromatic rings. The summed E-state index contributed by atoms with van der Waals surface area (Å²) in [6, 6.07) is 4.31. The van der Waals surface area contributed by atoms with Crippen LogP contribution < -0.4 is 10.6 Å². The Balaban J connectivity index is 0.00000312. The first-order valence-corrected chi connectivity index (χ1v) is 9.80. The molecule has 0 aromatic carbocycles. The Hall–Kier alpha value is -0.380. The van der Waals surface area contributed by atoms with Crippen LogP contribution in [0.25, 0.3) is 0 Å². The highest BCUT2D eigenvalue weighted by Gasteiger charge is 2.19. The fourth-order valence-corrected chi connectivity index (χ4v) is 3.81. The molecule has 7 heteroatoms. The molecule has 1 saturated heterocycles. The van der Waals surface area contributed by atoms with E-state index in [-0.39, 0.29) is 24.0 Å². The lowest BCUT2D eigenvalue weighted by Crippen LogP contribution is -2.44. The number of hydrogen-bond acceptors (Lipinski definition) is 4. The minimum atomic E-state index is 0. The largest absolute Gasteiger partial charge is 0.383 e. The number of aliphatic imine (C=N–C) groups is 1. The summed E-state index contributed by atoms with van der Waals surface area (Å²) in [7, 11) is 3.62. The van der Waals surface area contributed by atoms with Crippen molar-refractivity contribution in [1.29, 1.82) is 0 Å². The molecule has 2 rings (SSSR count). The molecule has 25 heavy (non-hydrogen) atoms. The van der Waals surface area contributed by atoms with Gasteiger partial charge in [-0.25, -0.2) is 0 Å². The van der Waals surface area contributed by atoms with E-state index in [4.69, 9.17) is 4.74 Å². The van der Waals surface area contributed by atoms with Crippen LogP contribution in [0, 0.1) is 5.92 Å². The molecule has 1 aromatic heterocycles. The first kappa shape index (κ1) is 22.7. The number of nitrogens with zero attached hydrogens (tertiary/aromatic N) is 2. The Morgan fingerprint density at radius 3 is 2.76 bits per heavy atom. The molecule has 2 heterocycles. The summed E-state index contributed by atoms with van der Waals surface area (Å²) >= 11 is 1.82. The van der Waals surface area contributed by atoms with Gasteiger partial charge in [0.05, 0.1) is 6.61 Å². The Morgan fingerprint density at radius 1 is 1.40 bits per heavy atom. The van der Waals surface area contributed by atoms with Gasteiger partial charge in [0, 0.05) is 44.6 Å². The first-order valence-electron chi connectivity index (χ1n) is 8.92. The van der Waals surface area contributed by atoms with Gasteiger partial charge in [0.1, 0.15) is 0 Å². The minimum absolute atomic E-state index is 0. The van der Waals surface area contributed by atoms with E-state index in [0.717, 1.165) is 38.1 Å². The molecule has 0 spiro atoms. The molecular formula is C18H33IN4OS. The van der Waals surface area contributed by atoms with Gasteiger partial charge in [0.25, 0.3) is 0 Å². The first-order chi connectivity index (χ1) is 11.7. The molecule has 0 aliphatic carbocycles. The lowest BCUT2D eigenvalue weighted by molar-refractivity contribution is 0.121. The van der Waals surface area contributed by atoms with Gasteiger partial charge >= 0.3 is 0 Å². The van der Waals surface area contributed by atoms with Gasteiger partial charge in [-0.15, -0.1) is 35.3 Å². The second-order valence-corrected chi connectivity index (χ2v) is 7.51. The molecule has 2 N–H and O–H groups in total. The maximum absolute atomic E-state index is 5.16. The summed E-state index contributed by atoms with van der Waals surface area (Å²) < 4.78 is 5.16. The minimum Gasteiger partial charge on any atom is -0.383 e. The highest BCUT2D eigenvalue weighted by atomic mass is 127. The molecule has 1 aliphatic rings. The van der Waals surface area contributed by atoms with Crippen molar-refractivity contribution in [3.63, 3.8) is 0 Å². The number of piperidine rings is 1. The van der Waals surface area contributed by atoms with Crippen molar-refractivity contribution in [2.45, 2.75) is 25.7 Å². The Labute approximate surface area is 173 Å². The molecule has 1 fully saturated rings. The molecule has 0 radical (unpaired) electrons. The van der Waals surface area contributed by atoms with Gasteiger partial charge in [-0.1, -0.05) is 13.0 Å². The molecule has 0 amide bonds. The van der Waals surface area contributed by atoms with E-state index in [1.54, 1.807) is 7.11 Å². The summed E-state index contributed by atoms with van der Waals surface area (Å²) in [5.41, 5.74) is 0. The molecule has 0 bridgehead atoms. The van der Waals surface area contributed by atoms with Gasteiger partial charge in [-0.3, -0.25) is 4.99 Å². The molecular weight excluding hydrogens is 447 g/mol. The topological polar surface area (TPSA) is 48.9 Å². The lowest BCUT2D eigenvalue weighted by Gasteiger charge is -2.32. The zero-order valence-corrected chi connectivity index (χ0v) is 18.8. The van der Waals surface area contributed by atoms with Crippen LogP contribution in [0.15, 0.2) is 22.5 Å². The van der Waals surface area contributed by atoms with Gasteiger partial charge in [-0.2, -0.15) is 0 Å². The highest BCUT2D eigenvalue weighted by Crippen LogP contribution is 2.19. The van der Waals surface area contributed by atoms with Crippen molar-refractivity contribution >= 4 is 41.3 Å². The fourth-order valence-electron chi connectivity index (χ4n) is 3.02. The van der Waals surface area contributed by atoms with Crippen molar-refractivity contribution in [3.05, 3.63) is 22.4 Å². The number of guanidine groups is 1. The van der Waals surface area contributed by atoms with Crippen LogP contribution in [0.3, 0.4) is 0 Å². The van der Waals surface area contributed by atoms with Crippen molar-refractivity contribution in [1.82, 2.24) is 15.5 Å². The van der Waals surface area contributed by atoms with Gasteiger partial charge in [0.2, 0.25) is 0 Å². The van der Waals surface area contributed by atoms with Crippen molar-refractivity contribution in [2.24, 2.45) is 10.9 Å². The lowest BCUT2D eigenvalue weighted by atomic mass is 9.97. The van der Waals surface area contributed by atoms with Crippen LogP contribution >= 0.6 is 35.3 Å². The van der Waals surface area contributed by atoms with E-state index in [0.29, 0.717) is 5.92 Å². The van der Waals surface area contributed by atoms with Gasteiger partial charge < -0.3 is 20.3 Å². The molecule has 5 nitrogen and oxygen atoms in total. The summed E-state index contributed by atoms with van der Waals surface area (Å²) in [6.07, 6.45) is 2.50. The molecule has 1 atom stereocenters. The summed E-state index contributed by atoms with van der Waals surface area (Å²) in [6.45, 7) is 8.42. The number of likely N-dealkylation sites (tertiary alicyclic amines) is 1. The van der Waals surface area contributed by atoms with Crippen LogP contribution in [-0.4, -0.2) is 64.3 Å². The smallest absolute Gasteiger partial charge is 0.191 e. The normalized spacial score (nSPS) is 17.8. The molecule has 144 valence electrons. The van der Waals surface area contributed by atoms with Gasteiger partial charge in [-0.05, 0) is 43.3 Å². The SMILES string of the molecule is CN=C(NCC1CCN(CCOC)CC1)NCC(C)c1cccs1.I. The van der Waals surface area contributed by atoms with Crippen molar-refractivity contribution in [3.8, 4) is 0 Å². The maximum Gasteiger partial charge on any atom is 0.191 e. The highest BCUT2D eigenvalue weighted by molar-refractivity contribution is 14.0. The number of thiophene rings is 1. The predicted octanol–water partition coefficient (Wildman–Crippen LogP) is 2.99. The van der Waals surface area contributed by atoms with E-state index in [1.165, 1.54) is 30.8 Å². The third-order valence-corrected chi connectivity index (χ3v) is 5.81. The number of hydrogen-bond donors (Lipinski definition) is 2. The maximum atomic E-state index is 5.16. The standard InChI is InChI=1S/C18H32N4OS.HI/c1-15(17-5-4-12-24-17)13-20-18(19-2)21-14-16-6-8-22(9-7-16)10-11-23-3;/h4-5,12,15-16H,6-11,13-14H2,1-3H3,(H2,19,20,21);1H. The van der Waals surface area contributed by atoms with E-state index >= 15 is 0 Å². The zero-order chi connectivity index (χ0) is 17.2. The molecule has 0 saturated carbocycles. The Bertz CT molecular complexity index is 475. The predicted molar refractivity (Wildman–Crippen MR) is 119 cm³/mol. The molecule has 1 unspecified atom stereocenters. The number of ether oxygens (including phenoxy) is 1. The number of halogens is 1. The van der Waals surface area contributed by atoms with E-state index in [9.17, 15) is 0 Å². The van der Waals surface area contributed by atoms with E-state index in [2.05, 4.69) is 45.0 Å². The second kappa shape index (κ2) is 12.9. The fraction of sp³-hybridized carbons (Fsp3) is 0.722. The average molecular weight is 480 g/mol. The van der Waals surface area contributed by atoms with Crippen molar-refractivity contribution < 1.29 is 4.74 Å². The van der Waals surface area contributed by atoms with Crippen LogP contribution in [0.4, 0.5) is 0 Å². The van der Waals surface area contributed by atoms with E-state index < -0.39 is 0 Å².